The first-order valence-corrected chi connectivity index (χ1v) is 16.6. The Morgan fingerprint density at radius 3 is 1.87 bits per heavy atom. The molecule has 0 saturated carbocycles. The van der Waals surface area contributed by atoms with Gasteiger partial charge in [0.05, 0.1) is 22.1 Å². The third-order valence-corrected chi connectivity index (χ3v) is 10.3. The van der Waals surface area contributed by atoms with E-state index in [1.807, 2.05) is 0 Å². The number of fused-ring (bicyclic) bond motifs is 8. The molecular formula is C45H32N2. The summed E-state index contributed by atoms with van der Waals surface area (Å²) in [6, 6.07) is 47.0. The minimum atomic E-state index is 0.435. The highest BCUT2D eigenvalue weighted by atomic mass is 15.0. The van der Waals surface area contributed by atoms with Crippen LogP contribution in [0.4, 0.5) is 0 Å². The van der Waals surface area contributed by atoms with Crippen molar-refractivity contribution in [2.24, 2.45) is 11.8 Å². The molecule has 10 rings (SSSR count). The molecule has 0 aliphatic heterocycles. The number of rotatable bonds is 3. The molecule has 2 heterocycles. The van der Waals surface area contributed by atoms with Crippen molar-refractivity contribution >= 4 is 60.1 Å². The van der Waals surface area contributed by atoms with Crippen LogP contribution in [0.2, 0.25) is 0 Å². The zero-order chi connectivity index (χ0) is 31.1. The third kappa shape index (κ3) is 3.98. The van der Waals surface area contributed by atoms with Crippen LogP contribution in [0.5, 0.6) is 0 Å². The number of hydrogen-bond acceptors (Lipinski definition) is 0. The smallest absolute Gasteiger partial charge is 0.0541 e. The summed E-state index contributed by atoms with van der Waals surface area (Å²) in [5, 5.41) is 7.62. The first-order valence-electron chi connectivity index (χ1n) is 16.6. The molecule has 0 spiro atoms. The van der Waals surface area contributed by atoms with Crippen molar-refractivity contribution in [2.45, 2.75) is 6.92 Å². The Morgan fingerprint density at radius 1 is 0.511 bits per heavy atom. The van der Waals surface area contributed by atoms with Crippen LogP contribution >= 0.6 is 0 Å². The fourth-order valence-corrected chi connectivity index (χ4v) is 8.10. The number of benzene rings is 6. The number of aromatic nitrogens is 2. The molecule has 2 nitrogen and oxygen atoms in total. The highest BCUT2D eigenvalue weighted by Gasteiger charge is 2.24. The maximum absolute atomic E-state index is 2.46. The molecule has 8 aromatic rings. The van der Waals surface area contributed by atoms with E-state index in [1.54, 1.807) is 0 Å². The van der Waals surface area contributed by atoms with Gasteiger partial charge in [-0.2, -0.15) is 0 Å². The lowest BCUT2D eigenvalue weighted by Crippen LogP contribution is -2.16. The number of hydrogen-bond donors (Lipinski definition) is 0. The fraction of sp³-hybridized carbons (Fsp3) is 0.0667. The molecule has 0 N–H and O–H groups in total. The van der Waals surface area contributed by atoms with Crippen molar-refractivity contribution in [1.29, 1.82) is 0 Å². The van der Waals surface area contributed by atoms with Crippen molar-refractivity contribution in [2.75, 3.05) is 0 Å². The van der Waals surface area contributed by atoms with Crippen molar-refractivity contribution in [3.05, 3.63) is 169 Å². The zero-order valence-corrected chi connectivity index (χ0v) is 26.1. The summed E-state index contributed by atoms with van der Waals surface area (Å²) in [7, 11) is 0. The fourth-order valence-electron chi connectivity index (χ4n) is 8.10. The molecule has 0 bridgehead atoms. The van der Waals surface area contributed by atoms with Crippen molar-refractivity contribution in [3.8, 4) is 16.8 Å². The molecule has 2 aliphatic rings. The van der Waals surface area contributed by atoms with Crippen LogP contribution < -0.4 is 0 Å². The van der Waals surface area contributed by atoms with E-state index in [-0.39, 0.29) is 0 Å². The Bertz CT molecular complexity index is 2700. The van der Waals surface area contributed by atoms with Gasteiger partial charge < -0.3 is 9.13 Å². The first kappa shape index (κ1) is 26.4. The number of allylic oxidation sites excluding steroid dienone is 8. The van der Waals surface area contributed by atoms with Gasteiger partial charge in [-0.3, -0.25) is 0 Å². The highest BCUT2D eigenvalue weighted by molar-refractivity contribution is 6.13. The van der Waals surface area contributed by atoms with E-state index < -0.39 is 0 Å². The molecule has 2 aromatic heterocycles. The van der Waals surface area contributed by atoms with E-state index in [9.17, 15) is 0 Å². The summed E-state index contributed by atoms with van der Waals surface area (Å²) in [6.07, 6.45) is 13.8. The van der Waals surface area contributed by atoms with Gasteiger partial charge in [0, 0.05) is 38.8 Å². The Balaban J connectivity index is 1.14. The van der Waals surface area contributed by atoms with E-state index in [1.165, 1.54) is 82.5 Å². The molecule has 47 heavy (non-hydrogen) atoms. The summed E-state index contributed by atoms with van der Waals surface area (Å²) in [6.45, 7) is 2.33. The maximum Gasteiger partial charge on any atom is 0.0541 e. The van der Waals surface area contributed by atoms with Crippen molar-refractivity contribution < 1.29 is 0 Å². The average Bonchev–Trinajstić information content (AvgIpc) is 3.63. The molecule has 222 valence electrons. The molecular weight excluding hydrogens is 569 g/mol. The van der Waals surface area contributed by atoms with Crippen molar-refractivity contribution in [3.63, 3.8) is 0 Å². The van der Waals surface area contributed by atoms with Gasteiger partial charge in [0.1, 0.15) is 0 Å². The van der Waals surface area contributed by atoms with Gasteiger partial charge in [-0.15, -0.1) is 0 Å². The standard InChI is InChI=1S/C45H32N2/c1-29-24-36(26-34-12-4-5-13-37(29)34)47-43-17-9-7-15-39(43)41-28-33(20-23-45(41)47)32-19-22-44-40(27-32)38-14-6-8-16-42(38)46(44)35-21-18-30-10-2-3-11-31(30)25-35/h2-29,37H,1H3. The van der Waals surface area contributed by atoms with Gasteiger partial charge in [-0.05, 0) is 88.0 Å². The Labute approximate surface area is 273 Å². The lowest BCUT2D eigenvalue weighted by Gasteiger charge is -2.27. The van der Waals surface area contributed by atoms with Gasteiger partial charge in [0.15, 0.2) is 0 Å². The number of nitrogens with zero attached hydrogens (tertiary/aromatic N) is 2. The van der Waals surface area contributed by atoms with Crippen molar-refractivity contribution in [1.82, 2.24) is 9.13 Å². The molecule has 0 amide bonds. The lowest BCUT2D eigenvalue weighted by atomic mass is 9.80. The quantitative estimate of drug-likeness (QED) is 0.191. The van der Waals surface area contributed by atoms with E-state index in [0.717, 1.165) is 0 Å². The Hall–Kier alpha value is -5.86. The van der Waals surface area contributed by atoms with Crippen LogP contribution in [0.1, 0.15) is 6.92 Å². The Kier molecular flexibility index (Phi) is 5.65. The SMILES string of the molecule is CC1C=C(n2c3ccccc3c3cc(-c4ccc5c(c4)c4ccccc4n5-c4ccc5ccccc5c4)ccc32)C=C2C=CC=CC21. The predicted molar refractivity (Wildman–Crippen MR) is 200 cm³/mol. The normalized spacial score (nSPS) is 17.6. The van der Waals surface area contributed by atoms with Gasteiger partial charge in [-0.1, -0.05) is 116 Å². The molecule has 2 heteroatoms. The van der Waals surface area contributed by atoms with Crippen LogP contribution in [-0.2, 0) is 0 Å². The molecule has 6 aromatic carbocycles. The second kappa shape index (κ2) is 10.1. The highest BCUT2D eigenvalue weighted by Crippen LogP contribution is 2.41. The minimum absolute atomic E-state index is 0.435. The monoisotopic (exact) mass is 600 g/mol. The summed E-state index contributed by atoms with van der Waals surface area (Å²) in [5.74, 6) is 0.885. The zero-order valence-electron chi connectivity index (χ0n) is 26.1. The first-order chi connectivity index (χ1) is 23.2. The van der Waals surface area contributed by atoms with Crippen LogP contribution in [0.25, 0.3) is 76.9 Å². The summed E-state index contributed by atoms with van der Waals surface area (Å²) in [5.41, 5.74) is 11.2. The lowest BCUT2D eigenvalue weighted by molar-refractivity contribution is 0.583. The minimum Gasteiger partial charge on any atom is -0.310 e. The summed E-state index contributed by atoms with van der Waals surface area (Å²) >= 11 is 0. The second-order valence-electron chi connectivity index (χ2n) is 13.1. The molecule has 2 aliphatic carbocycles. The average molecular weight is 601 g/mol. The van der Waals surface area contributed by atoms with E-state index >= 15 is 0 Å². The van der Waals surface area contributed by atoms with Crippen LogP contribution in [0.15, 0.2) is 169 Å². The Morgan fingerprint density at radius 2 is 1.13 bits per heavy atom. The largest absolute Gasteiger partial charge is 0.310 e. The molecule has 2 atom stereocenters. The predicted octanol–water partition coefficient (Wildman–Crippen LogP) is 11.9. The topological polar surface area (TPSA) is 9.86 Å². The van der Waals surface area contributed by atoms with Crippen LogP contribution in [-0.4, -0.2) is 9.13 Å². The van der Waals surface area contributed by atoms with Gasteiger partial charge in [-0.25, -0.2) is 0 Å². The number of para-hydroxylation sites is 2. The molecule has 0 fully saturated rings. The van der Waals surface area contributed by atoms with Gasteiger partial charge in [0.2, 0.25) is 0 Å². The van der Waals surface area contributed by atoms with Gasteiger partial charge >= 0.3 is 0 Å². The summed E-state index contributed by atoms with van der Waals surface area (Å²) < 4.78 is 4.87. The molecule has 2 unspecified atom stereocenters. The van der Waals surface area contributed by atoms with Gasteiger partial charge in [0.25, 0.3) is 0 Å². The van der Waals surface area contributed by atoms with Crippen LogP contribution in [0, 0.1) is 11.8 Å². The van der Waals surface area contributed by atoms with Crippen LogP contribution in [0.3, 0.4) is 0 Å². The third-order valence-electron chi connectivity index (χ3n) is 10.3. The molecule has 0 radical (unpaired) electrons. The summed E-state index contributed by atoms with van der Waals surface area (Å²) in [4.78, 5) is 0. The maximum atomic E-state index is 2.46. The van der Waals surface area contributed by atoms with E-state index in [0.29, 0.717) is 11.8 Å². The van der Waals surface area contributed by atoms with E-state index in [4.69, 9.17) is 0 Å². The van der Waals surface area contributed by atoms with E-state index in [2.05, 4.69) is 180 Å². The second-order valence-corrected chi connectivity index (χ2v) is 13.1. The molecule has 0 saturated heterocycles.